The van der Waals surface area contributed by atoms with Crippen molar-refractivity contribution in [3.63, 3.8) is 0 Å². The van der Waals surface area contributed by atoms with Gasteiger partial charge in [0.05, 0.1) is 13.1 Å². The van der Waals surface area contributed by atoms with E-state index >= 15 is 0 Å². The smallest absolute Gasteiger partial charge is 0.240 e. The monoisotopic (exact) mass is 211 g/mol. The van der Waals surface area contributed by atoms with Gasteiger partial charge in [-0.05, 0) is 25.7 Å². The molecule has 2 amide bonds. The van der Waals surface area contributed by atoms with E-state index in [2.05, 4.69) is 5.32 Å². The van der Waals surface area contributed by atoms with Gasteiger partial charge in [-0.3, -0.25) is 19.8 Å². The lowest BCUT2D eigenvalue weighted by Gasteiger charge is -2.36. The summed E-state index contributed by atoms with van der Waals surface area (Å²) < 4.78 is 0. The summed E-state index contributed by atoms with van der Waals surface area (Å²) in [7, 11) is 0. The van der Waals surface area contributed by atoms with Crippen LogP contribution >= 0.6 is 0 Å². The molecular formula is C10H17N3O2. The summed E-state index contributed by atoms with van der Waals surface area (Å²) in [6.07, 6.45) is 4.00. The van der Waals surface area contributed by atoms with Crippen LogP contribution in [0.15, 0.2) is 0 Å². The Balaban J connectivity index is 1.92. The topological polar surface area (TPSA) is 75.4 Å². The number of hydrogen-bond donors (Lipinski definition) is 2. The van der Waals surface area contributed by atoms with E-state index in [4.69, 9.17) is 5.73 Å². The van der Waals surface area contributed by atoms with Gasteiger partial charge in [0.1, 0.15) is 0 Å². The molecule has 5 nitrogen and oxygen atoms in total. The molecule has 0 spiro atoms. The van der Waals surface area contributed by atoms with Crippen molar-refractivity contribution in [2.75, 3.05) is 13.1 Å². The maximum Gasteiger partial charge on any atom is 0.240 e. The highest BCUT2D eigenvalue weighted by Crippen LogP contribution is 2.22. The van der Waals surface area contributed by atoms with Crippen molar-refractivity contribution >= 4 is 11.8 Å². The van der Waals surface area contributed by atoms with Crippen LogP contribution < -0.4 is 11.1 Å². The maximum atomic E-state index is 11.2. The average molecular weight is 211 g/mol. The molecule has 3 N–H and O–H groups in total. The van der Waals surface area contributed by atoms with Gasteiger partial charge in [-0.25, -0.2) is 0 Å². The summed E-state index contributed by atoms with van der Waals surface area (Å²) in [5.41, 5.74) is 5.82. The first-order valence-corrected chi connectivity index (χ1v) is 5.47. The lowest BCUT2D eigenvalue weighted by molar-refractivity contribution is -0.137. The minimum atomic E-state index is -0.180. The van der Waals surface area contributed by atoms with Crippen LogP contribution in [0, 0.1) is 0 Å². The molecule has 1 heterocycles. The molecule has 0 aromatic heterocycles. The van der Waals surface area contributed by atoms with Crippen molar-refractivity contribution in [1.82, 2.24) is 10.2 Å². The molecule has 0 bridgehead atoms. The Morgan fingerprint density at radius 3 is 2.13 bits per heavy atom. The highest BCUT2D eigenvalue weighted by molar-refractivity contribution is 5.99. The van der Waals surface area contributed by atoms with Crippen molar-refractivity contribution in [3.8, 4) is 0 Å². The maximum absolute atomic E-state index is 11.2. The Labute approximate surface area is 89.0 Å². The average Bonchev–Trinajstić information content (AvgIpc) is 2.17. The number of hydrogen-bond acceptors (Lipinski definition) is 4. The zero-order chi connectivity index (χ0) is 10.8. The molecule has 1 aliphatic carbocycles. The van der Waals surface area contributed by atoms with E-state index in [1.165, 1.54) is 0 Å². The van der Waals surface area contributed by atoms with Crippen molar-refractivity contribution < 1.29 is 9.59 Å². The standard InChI is InChI=1S/C10H17N3O2/c11-7-1-3-8(4-2-7)13-5-9(14)12-10(15)6-13/h7-8H,1-6,11H2,(H,12,14,15). The summed E-state index contributed by atoms with van der Waals surface area (Å²) >= 11 is 0. The van der Waals surface area contributed by atoms with E-state index in [1.54, 1.807) is 0 Å². The van der Waals surface area contributed by atoms with Crippen LogP contribution in [0.25, 0.3) is 0 Å². The molecule has 0 radical (unpaired) electrons. The number of amides is 2. The SMILES string of the molecule is NC1CCC(N2CC(=O)NC(=O)C2)CC1. The molecule has 1 saturated carbocycles. The second-order valence-corrected chi connectivity index (χ2v) is 4.44. The van der Waals surface area contributed by atoms with E-state index < -0.39 is 0 Å². The van der Waals surface area contributed by atoms with Crippen LogP contribution in [0.5, 0.6) is 0 Å². The van der Waals surface area contributed by atoms with Gasteiger partial charge in [0.15, 0.2) is 0 Å². The fourth-order valence-electron chi connectivity index (χ4n) is 2.38. The normalized spacial score (nSPS) is 33.9. The number of piperazine rings is 1. The minimum Gasteiger partial charge on any atom is -0.328 e. The van der Waals surface area contributed by atoms with Crippen molar-refractivity contribution in [2.24, 2.45) is 5.73 Å². The Morgan fingerprint density at radius 2 is 1.60 bits per heavy atom. The predicted octanol–water partition coefficient (Wildman–Crippen LogP) is -0.785. The summed E-state index contributed by atoms with van der Waals surface area (Å²) in [5.74, 6) is -0.359. The van der Waals surface area contributed by atoms with Gasteiger partial charge in [-0.15, -0.1) is 0 Å². The van der Waals surface area contributed by atoms with Crippen molar-refractivity contribution in [2.45, 2.75) is 37.8 Å². The highest BCUT2D eigenvalue weighted by Gasteiger charge is 2.30. The lowest BCUT2D eigenvalue weighted by atomic mass is 9.90. The van der Waals surface area contributed by atoms with Gasteiger partial charge in [0, 0.05) is 12.1 Å². The zero-order valence-corrected chi connectivity index (χ0v) is 8.74. The van der Waals surface area contributed by atoms with E-state index in [0.717, 1.165) is 25.7 Å². The van der Waals surface area contributed by atoms with Crippen LogP contribution in [0.2, 0.25) is 0 Å². The third kappa shape index (κ3) is 2.54. The molecule has 0 atom stereocenters. The Kier molecular flexibility index (Phi) is 3.02. The number of carbonyl (C=O) groups excluding carboxylic acids is 2. The van der Waals surface area contributed by atoms with E-state index in [1.807, 2.05) is 4.90 Å². The van der Waals surface area contributed by atoms with Crippen molar-refractivity contribution in [1.29, 1.82) is 0 Å². The van der Waals surface area contributed by atoms with Crippen LogP contribution in [0.4, 0.5) is 0 Å². The van der Waals surface area contributed by atoms with Gasteiger partial charge >= 0.3 is 0 Å². The first-order chi connectivity index (χ1) is 7.15. The molecule has 2 rings (SSSR count). The molecular weight excluding hydrogens is 194 g/mol. The lowest BCUT2D eigenvalue weighted by Crippen LogP contribution is -2.55. The van der Waals surface area contributed by atoms with Gasteiger partial charge in [0.2, 0.25) is 11.8 Å². The molecule has 0 aromatic carbocycles. The molecule has 84 valence electrons. The third-order valence-electron chi connectivity index (χ3n) is 3.23. The Bertz CT molecular complexity index is 256. The van der Waals surface area contributed by atoms with Crippen LogP contribution in [-0.2, 0) is 9.59 Å². The van der Waals surface area contributed by atoms with Crippen LogP contribution in [0.1, 0.15) is 25.7 Å². The van der Waals surface area contributed by atoms with Crippen LogP contribution in [-0.4, -0.2) is 41.9 Å². The molecule has 1 aliphatic heterocycles. The molecule has 2 fully saturated rings. The molecule has 0 unspecified atom stereocenters. The number of nitrogens with zero attached hydrogens (tertiary/aromatic N) is 1. The Hall–Kier alpha value is -0.940. The zero-order valence-electron chi connectivity index (χ0n) is 8.74. The predicted molar refractivity (Wildman–Crippen MR) is 55.0 cm³/mol. The minimum absolute atomic E-state index is 0.180. The Morgan fingerprint density at radius 1 is 1.07 bits per heavy atom. The molecule has 0 aromatic rings. The quantitative estimate of drug-likeness (QED) is 0.558. The first-order valence-electron chi connectivity index (χ1n) is 5.47. The highest BCUT2D eigenvalue weighted by atomic mass is 16.2. The van der Waals surface area contributed by atoms with Gasteiger partial charge in [0.25, 0.3) is 0 Å². The number of nitrogens with one attached hydrogen (secondary N) is 1. The van der Waals surface area contributed by atoms with Crippen molar-refractivity contribution in [3.05, 3.63) is 0 Å². The summed E-state index contributed by atoms with van der Waals surface area (Å²) in [5, 5.41) is 2.31. The summed E-state index contributed by atoms with van der Waals surface area (Å²) in [4.78, 5) is 24.4. The van der Waals surface area contributed by atoms with Gasteiger partial charge in [-0.2, -0.15) is 0 Å². The number of rotatable bonds is 1. The van der Waals surface area contributed by atoms with E-state index in [0.29, 0.717) is 25.2 Å². The number of carbonyl (C=O) groups is 2. The fraction of sp³-hybridized carbons (Fsp3) is 0.800. The number of nitrogens with two attached hydrogens (primary N) is 1. The largest absolute Gasteiger partial charge is 0.328 e. The first kappa shape index (κ1) is 10.6. The second kappa shape index (κ2) is 4.28. The third-order valence-corrected chi connectivity index (χ3v) is 3.23. The summed E-state index contributed by atoms with van der Waals surface area (Å²) in [6, 6.07) is 0.662. The molecule has 2 aliphatic rings. The summed E-state index contributed by atoms with van der Waals surface area (Å²) in [6.45, 7) is 0.706. The fourth-order valence-corrected chi connectivity index (χ4v) is 2.38. The van der Waals surface area contributed by atoms with Crippen LogP contribution in [0.3, 0.4) is 0 Å². The molecule has 1 saturated heterocycles. The molecule has 15 heavy (non-hydrogen) atoms. The molecule has 5 heteroatoms. The number of imide groups is 1. The van der Waals surface area contributed by atoms with Gasteiger partial charge < -0.3 is 5.73 Å². The van der Waals surface area contributed by atoms with Gasteiger partial charge in [-0.1, -0.05) is 0 Å². The second-order valence-electron chi connectivity index (χ2n) is 4.44. The van der Waals surface area contributed by atoms with E-state index in [-0.39, 0.29) is 11.8 Å². The van der Waals surface area contributed by atoms with E-state index in [9.17, 15) is 9.59 Å².